The number of nitrogens with zero attached hydrogens (tertiary/aromatic N) is 2. The number of H-pyrrole nitrogens is 1. The average Bonchev–Trinajstić information content (AvgIpc) is 2.58. The predicted molar refractivity (Wildman–Crippen MR) is 74.7 cm³/mol. The van der Waals surface area contributed by atoms with Gasteiger partial charge in [-0.3, -0.25) is 9.78 Å². The van der Waals surface area contributed by atoms with Crippen LogP contribution in [0, 0.1) is 6.92 Å². The van der Waals surface area contributed by atoms with Crippen molar-refractivity contribution in [2.75, 3.05) is 31.1 Å². The molecule has 0 spiro atoms. The molecule has 0 atom stereocenters. The zero-order chi connectivity index (χ0) is 12.5. The highest BCUT2D eigenvalue weighted by atomic mass is 32.1. The zero-order valence-electron chi connectivity index (χ0n) is 10.3. The third kappa shape index (κ3) is 2.13. The Hall–Kier alpha value is -1.40. The van der Waals surface area contributed by atoms with E-state index in [-0.39, 0.29) is 5.56 Å². The van der Waals surface area contributed by atoms with Crippen LogP contribution in [0.4, 0.5) is 5.95 Å². The summed E-state index contributed by atoms with van der Waals surface area (Å²) in [5.41, 5.74) is -0.0310. The minimum atomic E-state index is -0.0310. The lowest BCUT2D eigenvalue weighted by atomic mass is 10.3. The highest BCUT2D eigenvalue weighted by molar-refractivity contribution is 7.18. The molecule has 0 unspecified atom stereocenters. The van der Waals surface area contributed by atoms with Crippen molar-refractivity contribution in [3.8, 4) is 0 Å². The summed E-state index contributed by atoms with van der Waals surface area (Å²) < 4.78 is 0. The monoisotopic (exact) mass is 264 g/mol. The van der Waals surface area contributed by atoms with E-state index in [9.17, 15) is 4.79 Å². The highest BCUT2D eigenvalue weighted by Crippen LogP contribution is 2.21. The van der Waals surface area contributed by atoms with Crippen molar-refractivity contribution in [1.82, 2.24) is 15.3 Å². The fourth-order valence-electron chi connectivity index (χ4n) is 2.25. The van der Waals surface area contributed by atoms with Crippen LogP contribution in [0.25, 0.3) is 10.2 Å². The first-order chi connectivity index (χ1) is 8.74. The Bertz CT molecular complexity index is 610. The SMILES string of the molecule is Cc1cc2c(=O)[nH]c(N3CCCNCC3)nc2s1. The van der Waals surface area contributed by atoms with Gasteiger partial charge in [-0.1, -0.05) is 0 Å². The Kier molecular flexibility index (Phi) is 3.05. The van der Waals surface area contributed by atoms with Crippen molar-refractivity contribution in [3.05, 3.63) is 21.3 Å². The van der Waals surface area contributed by atoms with Crippen molar-refractivity contribution in [2.24, 2.45) is 0 Å². The summed E-state index contributed by atoms with van der Waals surface area (Å²) >= 11 is 1.58. The first kappa shape index (κ1) is 11.7. The zero-order valence-corrected chi connectivity index (χ0v) is 11.1. The molecule has 0 aliphatic carbocycles. The van der Waals surface area contributed by atoms with Gasteiger partial charge in [-0.2, -0.15) is 0 Å². The first-order valence-corrected chi connectivity index (χ1v) is 7.02. The summed E-state index contributed by atoms with van der Waals surface area (Å²) in [6.07, 6.45) is 1.07. The van der Waals surface area contributed by atoms with Crippen LogP contribution in [-0.2, 0) is 0 Å². The number of nitrogens with one attached hydrogen (secondary N) is 2. The standard InChI is InChI=1S/C12H16N4OS/c1-8-7-9-10(17)14-12(15-11(9)18-8)16-5-2-3-13-4-6-16/h7,13H,2-6H2,1H3,(H,14,15,17). The second-order valence-corrected chi connectivity index (χ2v) is 5.79. The number of aryl methyl sites for hydroxylation is 1. The largest absolute Gasteiger partial charge is 0.341 e. The van der Waals surface area contributed by atoms with E-state index in [0.717, 1.165) is 42.3 Å². The lowest BCUT2D eigenvalue weighted by molar-refractivity contribution is 0.724. The van der Waals surface area contributed by atoms with Gasteiger partial charge in [-0.15, -0.1) is 11.3 Å². The van der Waals surface area contributed by atoms with E-state index >= 15 is 0 Å². The van der Waals surface area contributed by atoms with Crippen LogP contribution in [0.5, 0.6) is 0 Å². The Morgan fingerprint density at radius 1 is 1.39 bits per heavy atom. The van der Waals surface area contributed by atoms with Gasteiger partial charge in [0.2, 0.25) is 5.95 Å². The molecule has 18 heavy (non-hydrogen) atoms. The van der Waals surface area contributed by atoms with E-state index < -0.39 is 0 Å². The third-order valence-electron chi connectivity index (χ3n) is 3.15. The van der Waals surface area contributed by atoms with Crippen LogP contribution in [0.3, 0.4) is 0 Å². The van der Waals surface area contributed by atoms with E-state index in [2.05, 4.69) is 20.2 Å². The second kappa shape index (κ2) is 4.70. The molecule has 1 saturated heterocycles. The molecule has 6 heteroatoms. The number of fused-ring (bicyclic) bond motifs is 1. The van der Waals surface area contributed by atoms with Gasteiger partial charge in [-0.25, -0.2) is 4.98 Å². The second-order valence-electron chi connectivity index (χ2n) is 4.56. The molecule has 3 rings (SSSR count). The Balaban J connectivity index is 2.03. The minimum Gasteiger partial charge on any atom is -0.341 e. The minimum absolute atomic E-state index is 0.0310. The molecule has 1 aliphatic heterocycles. The molecule has 1 fully saturated rings. The molecule has 2 aromatic heterocycles. The molecule has 5 nitrogen and oxygen atoms in total. The summed E-state index contributed by atoms with van der Waals surface area (Å²) in [4.78, 5) is 23.6. The summed E-state index contributed by atoms with van der Waals surface area (Å²) in [7, 11) is 0. The number of thiophene rings is 1. The number of hydrogen-bond donors (Lipinski definition) is 2. The van der Waals surface area contributed by atoms with Gasteiger partial charge >= 0.3 is 0 Å². The molecule has 0 saturated carbocycles. The van der Waals surface area contributed by atoms with Crippen LogP contribution in [0.2, 0.25) is 0 Å². The highest BCUT2D eigenvalue weighted by Gasteiger charge is 2.14. The first-order valence-electron chi connectivity index (χ1n) is 6.20. The number of aromatic amines is 1. The van der Waals surface area contributed by atoms with Gasteiger partial charge in [-0.05, 0) is 26.0 Å². The van der Waals surface area contributed by atoms with Crippen molar-refractivity contribution in [3.63, 3.8) is 0 Å². The molecule has 0 amide bonds. The van der Waals surface area contributed by atoms with Crippen molar-refractivity contribution in [1.29, 1.82) is 0 Å². The summed E-state index contributed by atoms with van der Waals surface area (Å²) in [5, 5.41) is 4.05. The summed E-state index contributed by atoms with van der Waals surface area (Å²) in [6, 6.07) is 1.90. The lowest BCUT2D eigenvalue weighted by Crippen LogP contribution is -2.30. The molecule has 2 aromatic rings. The van der Waals surface area contributed by atoms with Crippen molar-refractivity contribution >= 4 is 27.5 Å². The maximum absolute atomic E-state index is 12.0. The van der Waals surface area contributed by atoms with Crippen LogP contribution in [-0.4, -0.2) is 36.1 Å². The number of rotatable bonds is 1. The Morgan fingerprint density at radius 2 is 2.28 bits per heavy atom. The molecule has 1 aliphatic rings. The van der Waals surface area contributed by atoms with Crippen LogP contribution in [0.15, 0.2) is 10.9 Å². The molecule has 96 valence electrons. The molecule has 0 radical (unpaired) electrons. The molecule has 2 N–H and O–H groups in total. The van der Waals surface area contributed by atoms with Crippen LogP contribution >= 0.6 is 11.3 Å². The van der Waals surface area contributed by atoms with Gasteiger partial charge in [0.25, 0.3) is 5.56 Å². The van der Waals surface area contributed by atoms with Crippen LogP contribution < -0.4 is 15.8 Å². The summed E-state index contributed by atoms with van der Waals surface area (Å²) in [6.45, 7) is 5.79. The quantitative estimate of drug-likeness (QED) is 0.809. The van der Waals surface area contributed by atoms with E-state index in [0.29, 0.717) is 11.3 Å². The fourth-order valence-corrected chi connectivity index (χ4v) is 3.12. The fraction of sp³-hybridized carbons (Fsp3) is 0.500. The van der Waals surface area contributed by atoms with Gasteiger partial charge in [0, 0.05) is 24.5 Å². The molecule has 0 aromatic carbocycles. The smallest absolute Gasteiger partial charge is 0.261 e. The van der Waals surface area contributed by atoms with E-state index in [1.807, 2.05) is 13.0 Å². The van der Waals surface area contributed by atoms with Gasteiger partial charge in [0.15, 0.2) is 0 Å². The molecular weight excluding hydrogens is 248 g/mol. The number of hydrogen-bond acceptors (Lipinski definition) is 5. The number of aromatic nitrogens is 2. The van der Waals surface area contributed by atoms with E-state index in [1.165, 1.54) is 0 Å². The van der Waals surface area contributed by atoms with E-state index in [1.54, 1.807) is 11.3 Å². The topological polar surface area (TPSA) is 61.0 Å². The molecular formula is C12H16N4OS. The van der Waals surface area contributed by atoms with Gasteiger partial charge in [0.05, 0.1) is 5.39 Å². The maximum atomic E-state index is 12.0. The maximum Gasteiger partial charge on any atom is 0.261 e. The van der Waals surface area contributed by atoms with Gasteiger partial charge in [0.1, 0.15) is 4.83 Å². The molecule has 0 bridgehead atoms. The molecule has 3 heterocycles. The van der Waals surface area contributed by atoms with E-state index in [4.69, 9.17) is 0 Å². The Morgan fingerprint density at radius 3 is 3.17 bits per heavy atom. The van der Waals surface area contributed by atoms with Crippen LogP contribution in [0.1, 0.15) is 11.3 Å². The predicted octanol–water partition coefficient (Wildman–Crippen LogP) is 1.09. The lowest BCUT2D eigenvalue weighted by Gasteiger charge is -2.19. The number of anilines is 1. The van der Waals surface area contributed by atoms with Gasteiger partial charge < -0.3 is 10.2 Å². The average molecular weight is 264 g/mol. The summed E-state index contributed by atoms with van der Waals surface area (Å²) in [5.74, 6) is 0.707. The van der Waals surface area contributed by atoms with Crippen molar-refractivity contribution < 1.29 is 0 Å². The third-order valence-corrected chi connectivity index (χ3v) is 4.10. The Labute approximate surface area is 109 Å². The van der Waals surface area contributed by atoms with Crippen molar-refractivity contribution in [2.45, 2.75) is 13.3 Å². The normalized spacial score (nSPS) is 17.1.